The van der Waals surface area contributed by atoms with Crippen LogP contribution in [0, 0.1) is 11.3 Å². The molecule has 6 nitrogen and oxygen atoms in total. The Labute approximate surface area is 148 Å². The minimum atomic E-state index is -0.518. The maximum Gasteiger partial charge on any atom is 0.239 e. The number of para-hydroxylation sites is 2. The van der Waals surface area contributed by atoms with E-state index in [0.29, 0.717) is 5.92 Å². The molecular formula is C19H28N4O2. The molecule has 2 aromatic rings. The first-order valence-electron chi connectivity index (χ1n) is 8.69. The minimum Gasteiger partial charge on any atom is -0.347 e. The molecule has 136 valence electrons. The normalized spacial score (nSPS) is 13.0. The zero-order valence-electron chi connectivity index (χ0n) is 15.6. The number of aromatic amines is 1. The summed E-state index contributed by atoms with van der Waals surface area (Å²) in [5, 5.41) is 5.66. The molecule has 6 heteroatoms. The number of fused-ring (bicyclic) bond motifs is 1. The van der Waals surface area contributed by atoms with Crippen LogP contribution in [0.3, 0.4) is 0 Å². The van der Waals surface area contributed by atoms with Gasteiger partial charge >= 0.3 is 0 Å². The summed E-state index contributed by atoms with van der Waals surface area (Å²) in [6.07, 6.45) is 0.763. The molecular weight excluding hydrogens is 316 g/mol. The van der Waals surface area contributed by atoms with E-state index in [4.69, 9.17) is 0 Å². The van der Waals surface area contributed by atoms with Gasteiger partial charge in [-0.05, 0) is 24.5 Å². The van der Waals surface area contributed by atoms with E-state index in [0.717, 1.165) is 23.3 Å². The number of hydrogen-bond acceptors (Lipinski definition) is 3. The van der Waals surface area contributed by atoms with E-state index in [9.17, 15) is 9.59 Å². The smallest absolute Gasteiger partial charge is 0.239 e. The van der Waals surface area contributed by atoms with E-state index >= 15 is 0 Å². The fourth-order valence-corrected chi connectivity index (χ4v) is 2.52. The van der Waals surface area contributed by atoms with Gasteiger partial charge in [-0.1, -0.05) is 46.8 Å². The molecule has 0 spiro atoms. The van der Waals surface area contributed by atoms with Crippen molar-refractivity contribution in [2.24, 2.45) is 11.3 Å². The van der Waals surface area contributed by atoms with Crippen molar-refractivity contribution in [1.82, 2.24) is 20.6 Å². The first kappa shape index (κ1) is 19.0. The highest BCUT2D eigenvalue weighted by atomic mass is 16.2. The average Bonchev–Trinajstić information content (AvgIpc) is 2.94. The number of carbonyl (C=O) groups is 2. The molecule has 2 rings (SSSR count). The summed E-state index contributed by atoms with van der Waals surface area (Å²) in [5.41, 5.74) is 1.30. The second-order valence-corrected chi connectivity index (χ2v) is 7.82. The quantitative estimate of drug-likeness (QED) is 0.753. The Bertz CT molecular complexity index is 710. The Morgan fingerprint density at radius 3 is 2.48 bits per heavy atom. The number of imidazole rings is 1. The van der Waals surface area contributed by atoms with E-state index in [1.807, 2.05) is 45.0 Å². The van der Waals surface area contributed by atoms with E-state index < -0.39 is 5.41 Å². The second kappa shape index (κ2) is 7.68. The largest absolute Gasteiger partial charge is 0.347 e. The lowest BCUT2D eigenvalue weighted by Crippen LogP contribution is -2.43. The molecule has 1 unspecified atom stereocenters. The maximum atomic E-state index is 12.3. The van der Waals surface area contributed by atoms with Crippen molar-refractivity contribution in [3.8, 4) is 0 Å². The third-order valence-electron chi connectivity index (χ3n) is 3.87. The summed E-state index contributed by atoms with van der Waals surface area (Å²) in [6.45, 7) is 9.61. The Morgan fingerprint density at radius 1 is 1.20 bits per heavy atom. The molecule has 1 aromatic heterocycles. The Hall–Kier alpha value is -2.37. The SMILES string of the molecule is CC(C)CC(NC(=O)CNC(=O)C(C)(C)C)c1nc2ccccc2[nH]1. The van der Waals surface area contributed by atoms with Gasteiger partial charge in [0.2, 0.25) is 11.8 Å². The summed E-state index contributed by atoms with van der Waals surface area (Å²) in [4.78, 5) is 32.1. The summed E-state index contributed by atoms with van der Waals surface area (Å²) < 4.78 is 0. The van der Waals surface area contributed by atoms with Gasteiger partial charge in [0.25, 0.3) is 0 Å². The van der Waals surface area contributed by atoms with E-state index in [1.54, 1.807) is 0 Å². The highest BCUT2D eigenvalue weighted by molar-refractivity contribution is 5.87. The van der Waals surface area contributed by atoms with Gasteiger partial charge in [0, 0.05) is 5.41 Å². The topological polar surface area (TPSA) is 86.9 Å². The van der Waals surface area contributed by atoms with Gasteiger partial charge < -0.3 is 15.6 Å². The summed E-state index contributed by atoms with van der Waals surface area (Å²) in [5.74, 6) is 0.767. The molecule has 0 aliphatic carbocycles. The number of amides is 2. The predicted molar refractivity (Wildman–Crippen MR) is 98.9 cm³/mol. The molecule has 1 atom stereocenters. The summed E-state index contributed by atoms with van der Waals surface area (Å²) in [6, 6.07) is 7.57. The number of rotatable bonds is 6. The van der Waals surface area contributed by atoms with Crippen LogP contribution in [0.2, 0.25) is 0 Å². The van der Waals surface area contributed by atoms with Crippen LogP contribution in [0.1, 0.15) is 52.9 Å². The van der Waals surface area contributed by atoms with Crippen LogP contribution >= 0.6 is 0 Å². The fraction of sp³-hybridized carbons (Fsp3) is 0.526. The highest BCUT2D eigenvalue weighted by Crippen LogP contribution is 2.21. The third-order valence-corrected chi connectivity index (χ3v) is 3.87. The lowest BCUT2D eigenvalue weighted by atomic mass is 9.96. The molecule has 0 bridgehead atoms. The number of hydrogen-bond donors (Lipinski definition) is 3. The standard InChI is InChI=1S/C19H28N4O2/c1-12(2)10-15(17-22-13-8-6-7-9-14(13)23-17)21-16(24)11-20-18(25)19(3,4)5/h6-9,12,15H,10-11H2,1-5H3,(H,20,25)(H,21,24)(H,22,23). The lowest BCUT2D eigenvalue weighted by Gasteiger charge is -2.20. The number of aromatic nitrogens is 2. The number of carbonyl (C=O) groups excluding carboxylic acids is 2. The zero-order chi connectivity index (χ0) is 18.6. The van der Waals surface area contributed by atoms with Gasteiger partial charge in [0.05, 0.1) is 23.6 Å². The molecule has 0 aliphatic heterocycles. The zero-order valence-corrected chi connectivity index (χ0v) is 15.6. The molecule has 2 amide bonds. The third kappa shape index (κ3) is 5.31. The highest BCUT2D eigenvalue weighted by Gasteiger charge is 2.23. The number of nitrogens with one attached hydrogen (secondary N) is 3. The molecule has 0 fully saturated rings. The average molecular weight is 344 g/mol. The summed E-state index contributed by atoms with van der Waals surface area (Å²) >= 11 is 0. The maximum absolute atomic E-state index is 12.3. The molecule has 0 saturated carbocycles. The molecule has 0 aliphatic rings. The van der Waals surface area contributed by atoms with Gasteiger partial charge in [-0.2, -0.15) is 0 Å². The monoisotopic (exact) mass is 344 g/mol. The summed E-state index contributed by atoms with van der Waals surface area (Å²) in [7, 11) is 0. The number of nitrogens with zero attached hydrogens (tertiary/aromatic N) is 1. The van der Waals surface area contributed by atoms with Crippen LogP contribution in [0.15, 0.2) is 24.3 Å². The molecule has 3 N–H and O–H groups in total. The van der Waals surface area contributed by atoms with Crippen molar-refractivity contribution in [1.29, 1.82) is 0 Å². The Balaban J connectivity index is 2.07. The van der Waals surface area contributed by atoms with Gasteiger partial charge in [0.1, 0.15) is 5.82 Å². The minimum absolute atomic E-state index is 0.0368. The molecule has 1 heterocycles. The van der Waals surface area contributed by atoms with Gasteiger partial charge in [-0.25, -0.2) is 4.98 Å². The van der Waals surface area contributed by atoms with E-state index in [-0.39, 0.29) is 24.4 Å². The fourth-order valence-electron chi connectivity index (χ4n) is 2.52. The van der Waals surface area contributed by atoms with Gasteiger partial charge in [-0.15, -0.1) is 0 Å². The van der Waals surface area contributed by atoms with Crippen molar-refractivity contribution < 1.29 is 9.59 Å². The van der Waals surface area contributed by atoms with Crippen LogP contribution in [-0.2, 0) is 9.59 Å². The van der Waals surface area contributed by atoms with Crippen molar-refractivity contribution >= 4 is 22.8 Å². The van der Waals surface area contributed by atoms with Crippen molar-refractivity contribution in [3.05, 3.63) is 30.1 Å². The lowest BCUT2D eigenvalue weighted by molar-refractivity contribution is -0.131. The van der Waals surface area contributed by atoms with Crippen LogP contribution in [-0.4, -0.2) is 28.3 Å². The number of benzene rings is 1. The molecule has 0 radical (unpaired) electrons. The van der Waals surface area contributed by atoms with Gasteiger partial charge in [0.15, 0.2) is 0 Å². The van der Waals surface area contributed by atoms with Crippen molar-refractivity contribution in [3.63, 3.8) is 0 Å². The molecule has 25 heavy (non-hydrogen) atoms. The van der Waals surface area contributed by atoms with Crippen LogP contribution < -0.4 is 10.6 Å². The first-order valence-corrected chi connectivity index (χ1v) is 8.69. The molecule has 1 aromatic carbocycles. The molecule has 0 saturated heterocycles. The predicted octanol–water partition coefficient (Wildman–Crippen LogP) is 2.93. The first-order chi connectivity index (χ1) is 11.7. The van der Waals surface area contributed by atoms with E-state index in [1.165, 1.54) is 0 Å². The van der Waals surface area contributed by atoms with Crippen molar-refractivity contribution in [2.45, 2.75) is 47.1 Å². The Morgan fingerprint density at radius 2 is 1.88 bits per heavy atom. The van der Waals surface area contributed by atoms with Gasteiger partial charge in [-0.3, -0.25) is 9.59 Å². The van der Waals surface area contributed by atoms with Crippen LogP contribution in [0.5, 0.6) is 0 Å². The van der Waals surface area contributed by atoms with Crippen LogP contribution in [0.4, 0.5) is 0 Å². The second-order valence-electron chi connectivity index (χ2n) is 7.82. The van der Waals surface area contributed by atoms with E-state index in [2.05, 4.69) is 34.4 Å². The van der Waals surface area contributed by atoms with Crippen LogP contribution in [0.25, 0.3) is 11.0 Å². The number of H-pyrrole nitrogens is 1. The van der Waals surface area contributed by atoms with Crippen molar-refractivity contribution in [2.75, 3.05) is 6.54 Å². The Kier molecular flexibility index (Phi) is 5.82.